The Hall–Kier alpha value is -2.80. The molecule has 2 aromatic carbocycles. The van der Waals surface area contributed by atoms with Crippen molar-refractivity contribution < 1.29 is 14.5 Å². The van der Waals surface area contributed by atoms with Gasteiger partial charge in [-0.2, -0.15) is 0 Å². The number of non-ortho nitro benzene ring substituents is 1. The van der Waals surface area contributed by atoms with Crippen LogP contribution in [-0.2, 0) is 11.3 Å². The van der Waals surface area contributed by atoms with Gasteiger partial charge in [-0.1, -0.05) is 17.7 Å². The minimum absolute atomic E-state index is 0.00806. The molecule has 0 heterocycles. The molecule has 0 spiro atoms. The number of nitrogens with two attached hydrogens (primary N) is 1. The number of nitrogens with one attached hydrogen (secondary N) is 1. The molecule has 0 bridgehead atoms. The van der Waals surface area contributed by atoms with Crippen LogP contribution in [0.2, 0.25) is 5.02 Å². The number of hydrogen-bond donors (Lipinski definition) is 2. The number of primary amides is 1. The van der Waals surface area contributed by atoms with Crippen LogP contribution in [0.3, 0.4) is 0 Å². The van der Waals surface area contributed by atoms with Crippen molar-refractivity contribution in [1.29, 1.82) is 0 Å². The molecular weight excluding hydrogens is 322 g/mol. The van der Waals surface area contributed by atoms with Crippen LogP contribution in [0.4, 0.5) is 11.4 Å². The van der Waals surface area contributed by atoms with Crippen LogP contribution < -0.4 is 15.8 Å². The first kappa shape index (κ1) is 16.6. The fraction of sp³-hybridized carbons (Fsp3) is 0.133. The highest BCUT2D eigenvalue weighted by atomic mass is 35.5. The van der Waals surface area contributed by atoms with Gasteiger partial charge in [-0.3, -0.25) is 14.9 Å². The third-order valence-electron chi connectivity index (χ3n) is 2.93. The first-order valence-electron chi connectivity index (χ1n) is 6.63. The molecule has 0 unspecified atom stereocenters. The summed E-state index contributed by atoms with van der Waals surface area (Å²) >= 11 is 5.96. The monoisotopic (exact) mass is 335 g/mol. The number of benzene rings is 2. The van der Waals surface area contributed by atoms with E-state index in [1.165, 1.54) is 12.1 Å². The molecule has 0 aliphatic heterocycles. The number of amides is 1. The van der Waals surface area contributed by atoms with Crippen molar-refractivity contribution in [3.05, 3.63) is 63.2 Å². The van der Waals surface area contributed by atoms with E-state index in [4.69, 9.17) is 22.1 Å². The van der Waals surface area contributed by atoms with E-state index in [1.807, 2.05) is 0 Å². The van der Waals surface area contributed by atoms with Crippen LogP contribution in [-0.4, -0.2) is 17.4 Å². The molecule has 23 heavy (non-hydrogen) atoms. The summed E-state index contributed by atoms with van der Waals surface area (Å²) in [6, 6.07) is 11.1. The first-order valence-corrected chi connectivity index (χ1v) is 7.01. The molecule has 0 radical (unpaired) electrons. The molecule has 1 amide bonds. The maximum absolute atomic E-state index is 10.8. The third kappa shape index (κ3) is 4.86. The number of anilines is 1. The molecule has 0 aliphatic rings. The summed E-state index contributed by atoms with van der Waals surface area (Å²) in [5.41, 5.74) is 6.34. The van der Waals surface area contributed by atoms with E-state index < -0.39 is 10.8 Å². The van der Waals surface area contributed by atoms with Gasteiger partial charge in [-0.25, -0.2) is 0 Å². The van der Waals surface area contributed by atoms with Crippen molar-refractivity contribution in [2.45, 2.75) is 6.54 Å². The van der Waals surface area contributed by atoms with E-state index in [9.17, 15) is 14.9 Å². The quantitative estimate of drug-likeness (QED) is 0.597. The van der Waals surface area contributed by atoms with Crippen molar-refractivity contribution in [1.82, 2.24) is 0 Å². The molecule has 0 saturated carbocycles. The molecule has 3 N–H and O–H groups in total. The average molecular weight is 336 g/mol. The SMILES string of the molecule is NC(=O)COc1ccc(Cl)cc1CNc1cccc([N+](=O)[O-])c1. The van der Waals surface area contributed by atoms with E-state index >= 15 is 0 Å². The number of halogens is 1. The Bertz CT molecular complexity index is 736. The van der Waals surface area contributed by atoms with Crippen molar-refractivity contribution >= 4 is 28.9 Å². The van der Waals surface area contributed by atoms with Gasteiger partial charge in [0.05, 0.1) is 4.92 Å². The molecule has 0 saturated heterocycles. The second-order valence-corrected chi connectivity index (χ2v) is 5.10. The van der Waals surface area contributed by atoms with Crippen molar-refractivity contribution in [3.63, 3.8) is 0 Å². The van der Waals surface area contributed by atoms with Gasteiger partial charge in [-0.05, 0) is 24.3 Å². The standard InChI is InChI=1S/C15H14ClN3O4/c16-11-4-5-14(23-9-15(17)20)10(6-11)8-18-12-2-1-3-13(7-12)19(21)22/h1-7,18H,8-9H2,(H2,17,20). The van der Waals surface area contributed by atoms with Crippen LogP contribution in [0.5, 0.6) is 5.75 Å². The van der Waals surface area contributed by atoms with Gasteiger partial charge in [0.25, 0.3) is 11.6 Å². The Morgan fingerprint density at radius 1 is 1.30 bits per heavy atom. The Kier molecular flexibility index (Phi) is 5.37. The van der Waals surface area contributed by atoms with Crippen molar-refractivity contribution in [2.24, 2.45) is 5.73 Å². The zero-order chi connectivity index (χ0) is 16.8. The molecule has 0 fully saturated rings. The maximum Gasteiger partial charge on any atom is 0.271 e. The summed E-state index contributed by atoms with van der Waals surface area (Å²) in [5, 5.41) is 14.3. The normalized spacial score (nSPS) is 10.1. The minimum atomic E-state index is -0.586. The Labute approximate surface area is 137 Å². The summed E-state index contributed by atoms with van der Waals surface area (Å²) < 4.78 is 5.32. The van der Waals surface area contributed by atoms with Crippen LogP contribution in [0.15, 0.2) is 42.5 Å². The summed E-state index contributed by atoms with van der Waals surface area (Å²) in [6.07, 6.45) is 0. The first-order chi connectivity index (χ1) is 11.0. The molecule has 8 heteroatoms. The van der Waals surface area contributed by atoms with Crippen LogP contribution in [0.1, 0.15) is 5.56 Å². The average Bonchev–Trinajstić information content (AvgIpc) is 2.52. The number of ether oxygens (including phenoxy) is 1. The predicted octanol–water partition coefficient (Wildman–Crippen LogP) is 2.72. The summed E-state index contributed by atoms with van der Waals surface area (Å²) in [4.78, 5) is 21.1. The van der Waals surface area contributed by atoms with Gasteiger partial charge in [0.2, 0.25) is 0 Å². The van der Waals surface area contributed by atoms with Gasteiger partial charge >= 0.3 is 0 Å². The number of carbonyl (C=O) groups is 1. The van der Waals surface area contributed by atoms with Crippen LogP contribution in [0.25, 0.3) is 0 Å². The number of rotatable bonds is 7. The maximum atomic E-state index is 10.8. The molecule has 0 aliphatic carbocycles. The van der Waals surface area contributed by atoms with Gasteiger partial charge in [-0.15, -0.1) is 0 Å². The second-order valence-electron chi connectivity index (χ2n) is 4.67. The molecule has 0 aromatic heterocycles. The number of nitro groups is 1. The molecule has 7 nitrogen and oxygen atoms in total. The predicted molar refractivity (Wildman–Crippen MR) is 86.6 cm³/mol. The van der Waals surface area contributed by atoms with Crippen molar-refractivity contribution in [2.75, 3.05) is 11.9 Å². The number of nitrogens with zero attached hydrogens (tertiary/aromatic N) is 1. The number of nitro benzene ring substituents is 1. The van der Waals surface area contributed by atoms with E-state index in [0.717, 1.165) is 0 Å². The summed E-state index contributed by atoms with van der Waals surface area (Å²) in [6.45, 7) is 0.0707. The van der Waals surface area contributed by atoms with Gasteiger partial charge < -0.3 is 15.8 Å². The highest BCUT2D eigenvalue weighted by Gasteiger charge is 2.09. The molecular formula is C15H14ClN3O4. The van der Waals surface area contributed by atoms with E-state index in [2.05, 4.69) is 5.32 Å². The highest BCUT2D eigenvalue weighted by Crippen LogP contribution is 2.25. The molecule has 0 atom stereocenters. The lowest BCUT2D eigenvalue weighted by molar-refractivity contribution is -0.384. The lowest BCUT2D eigenvalue weighted by atomic mass is 10.2. The highest BCUT2D eigenvalue weighted by molar-refractivity contribution is 6.30. The molecule has 2 aromatic rings. The summed E-state index contributed by atoms with van der Waals surface area (Å²) in [7, 11) is 0. The summed E-state index contributed by atoms with van der Waals surface area (Å²) in [5.74, 6) is -0.122. The zero-order valence-electron chi connectivity index (χ0n) is 12.0. The van der Waals surface area contributed by atoms with Gasteiger partial charge in [0, 0.05) is 35.0 Å². The van der Waals surface area contributed by atoms with Crippen LogP contribution >= 0.6 is 11.6 Å². The van der Waals surface area contributed by atoms with Crippen molar-refractivity contribution in [3.8, 4) is 5.75 Å². The Balaban J connectivity index is 2.13. The van der Waals surface area contributed by atoms with Gasteiger partial charge in [0.1, 0.15) is 5.75 Å². The smallest absolute Gasteiger partial charge is 0.271 e. The lowest BCUT2D eigenvalue weighted by Crippen LogP contribution is -2.20. The third-order valence-corrected chi connectivity index (χ3v) is 3.17. The van der Waals surface area contributed by atoms with Gasteiger partial charge in [0.15, 0.2) is 6.61 Å². The fourth-order valence-corrected chi connectivity index (χ4v) is 2.10. The van der Waals surface area contributed by atoms with E-state index in [0.29, 0.717) is 28.6 Å². The number of carbonyl (C=O) groups excluding carboxylic acids is 1. The Morgan fingerprint density at radius 2 is 2.09 bits per heavy atom. The Morgan fingerprint density at radius 3 is 2.78 bits per heavy atom. The topological polar surface area (TPSA) is 107 Å². The number of hydrogen-bond acceptors (Lipinski definition) is 5. The largest absolute Gasteiger partial charge is 0.483 e. The molecule has 120 valence electrons. The van der Waals surface area contributed by atoms with E-state index in [-0.39, 0.29) is 12.3 Å². The van der Waals surface area contributed by atoms with Crippen LogP contribution in [0, 0.1) is 10.1 Å². The van der Waals surface area contributed by atoms with E-state index in [1.54, 1.807) is 30.3 Å². The fourth-order valence-electron chi connectivity index (χ4n) is 1.90. The lowest BCUT2D eigenvalue weighted by Gasteiger charge is -2.12. The zero-order valence-corrected chi connectivity index (χ0v) is 12.7. The minimum Gasteiger partial charge on any atom is -0.483 e. The second kappa shape index (κ2) is 7.46. The molecule has 2 rings (SSSR count).